The van der Waals surface area contributed by atoms with E-state index in [0.717, 1.165) is 0 Å². The summed E-state index contributed by atoms with van der Waals surface area (Å²) in [4.78, 5) is 45.6. The highest BCUT2D eigenvalue weighted by Gasteiger charge is 2.30. The first kappa shape index (κ1) is 23.1. The van der Waals surface area contributed by atoms with E-state index in [9.17, 15) is 19.5 Å². The summed E-state index contributed by atoms with van der Waals surface area (Å²) in [5.74, 6) is -1.38. The van der Waals surface area contributed by atoms with Gasteiger partial charge in [-0.3, -0.25) is 14.4 Å². The predicted molar refractivity (Wildman–Crippen MR) is 125 cm³/mol. The molecule has 34 heavy (non-hydrogen) atoms. The molecule has 0 bridgehead atoms. The number of hydrogen-bond donors (Lipinski definition) is 5. The summed E-state index contributed by atoms with van der Waals surface area (Å²) < 4.78 is 0. The number of hydrogen-bond acceptors (Lipinski definition) is 8. The van der Waals surface area contributed by atoms with Crippen molar-refractivity contribution >= 4 is 35.1 Å². The van der Waals surface area contributed by atoms with Gasteiger partial charge in [0.25, 0.3) is 11.8 Å². The number of carbonyl (C=O) groups is 3. The summed E-state index contributed by atoms with van der Waals surface area (Å²) in [7, 11) is 0. The molecule has 1 saturated heterocycles. The van der Waals surface area contributed by atoms with E-state index in [1.807, 2.05) is 0 Å². The summed E-state index contributed by atoms with van der Waals surface area (Å²) in [5, 5.41) is 19.1. The number of aromatic hydroxyl groups is 1. The molecule has 0 unspecified atom stereocenters. The van der Waals surface area contributed by atoms with Crippen molar-refractivity contribution in [1.29, 1.82) is 0 Å². The Hall–Kier alpha value is -4.02. The zero-order chi connectivity index (χ0) is 24.2. The second kappa shape index (κ2) is 9.86. The second-order valence-electron chi connectivity index (χ2n) is 7.69. The molecule has 4 rings (SSSR count). The van der Waals surface area contributed by atoms with Gasteiger partial charge in [0, 0.05) is 35.4 Å². The van der Waals surface area contributed by atoms with Crippen LogP contribution in [-0.2, 0) is 0 Å². The van der Waals surface area contributed by atoms with Gasteiger partial charge in [-0.2, -0.15) is 0 Å². The lowest BCUT2D eigenvalue weighted by atomic mass is 10.0. The van der Waals surface area contributed by atoms with E-state index in [0.29, 0.717) is 29.2 Å². The zero-order valence-corrected chi connectivity index (χ0v) is 18.5. The second-order valence-corrected chi connectivity index (χ2v) is 8.12. The highest BCUT2D eigenvalue weighted by molar-refractivity contribution is 6.31. The average Bonchev–Trinajstić information content (AvgIpc) is 3.26. The Bertz CT molecular complexity index is 1250. The van der Waals surface area contributed by atoms with E-state index in [2.05, 4.69) is 25.9 Å². The standard InChI is InChI=1S/C23H21ClN6O4/c24-14-5-6-19(31)15(9-14)20(32)12-1-3-13(4-2-12)21(33)28-17-10-26-11-18(17)29-22(34)16-7-8-27-23(25)30-16/h1-9,17-18,26,31H,10-11H2,(H,28,33)(H,29,34)(H2,25,27,30)/t17-,18-/m1/s1. The zero-order valence-electron chi connectivity index (χ0n) is 17.8. The molecular formula is C23H21ClN6O4. The molecule has 1 aliphatic rings. The number of nitrogens with one attached hydrogen (secondary N) is 3. The fraction of sp³-hybridized carbons (Fsp3) is 0.174. The van der Waals surface area contributed by atoms with Crippen LogP contribution in [0.3, 0.4) is 0 Å². The molecule has 0 radical (unpaired) electrons. The number of aromatic nitrogens is 2. The Morgan fingerprint density at radius 3 is 2.29 bits per heavy atom. The number of ketones is 1. The van der Waals surface area contributed by atoms with E-state index in [4.69, 9.17) is 17.3 Å². The third-order valence-electron chi connectivity index (χ3n) is 5.37. The topological polar surface area (TPSA) is 159 Å². The van der Waals surface area contributed by atoms with Crippen molar-refractivity contribution in [3.63, 3.8) is 0 Å². The van der Waals surface area contributed by atoms with Crippen LogP contribution in [-0.4, -0.2) is 57.8 Å². The molecule has 3 aromatic rings. The number of nitrogens with two attached hydrogens (primary N) is 1. The number of benzene rings is 2. The van der Waals surface area contributed by atoms with E-state index in [1.165, 1.54) is 54.7 Å². The van der Waals surface area contributed by atoms with E-state index < -0.39 is 11.7 Å². The van der Waals surface area contributed by atoms with Gasteiger partial charge in [0.1, 0.15) is 11.4 Å². The third-order valence-corrected chi connectivity index (χ3v) is 5.60. The summed E-state index contributed by atoms with van der Waals surface area (Å²) >= 11 is 5.92. The fourth-order valence-corrected chi connectivity index (χ4v) is 3.77. The van der Waals surface area contributed by atoms with Gasteiger partial charge in [-0.1, -0.05) is 23.7 Å². The maximum Gasteiger partial charge on any atom is 0.270 e. The molecule has 0 saturated carbocycles. The van der Waals surface area contributed by atoms with E-state index >= 15 is 0 Å². The monoisotopic (exact) mass is 480 g/mol. The van der Waals surface area contributed by atoms with Gasteiger partial charge in [0.05, 0.1) is 17.6 Å². The average molecular weight is 481 g/mol. The molecule has 6 N–H and O–H groups in total. The number of phenols is 1. The summed E-state index contributed by atoms with van der Waals surface area (Å²) in [6, 6.07) is 11.0. The highest BCUT2D eigenvalue weighted by Crippen LogP contribution is 2.24. The molecule has 2 atom stereocenters. The Kier molecular flexibility index (Phi) is 6.71. The van der Waals surface area contributed by atoms with E-state index in [1.54, 1.807) is 0 Å². The number of nitrogens with zero attached hydrogens (tertiary/aromatic N) is 2. The molecule has 1 aliphatic heterocycles. The van der Waals surface area contributed by atoms with Crippen LogP contribution < -0.4 is 21.7 Å². The number of halogens is 1. The number of carbonyl (C=O) groups excluding carboxylic acids is 3. The quantitative estimate of drug-likeness (QED) is 0.328. The minimum absolute atomic E-state index is 0.00504. The molecule has 1 fully saturated rings. The molecule has 2 aromatic carbocycles. The summed E-state index contributed by atoms with van der Waals surface area (Å²) in [5.41, 5.74) is 6.37. The van der Waals surface area contributed by atoms with Gasteiger partial charge in [0.15, 0.2) is 5.78 Å². The first-order valence-corrected chi connectivity index (χ1v) is 10.7. The van der Waals surface area contributed by atoms with Crippen molar-refractivity contribution in [3.8, 4) is 5.75 Å². The van der Waals surface area contributed by atoms with Crippen LogP contribution in [0.2, 0.25) is 5.02 Å². The maximum atomic E-state index is 12.8. The molecule has 10 nitrogen and oxygen atoms in total. The van der Waals surface area contributed by atoms with Crippen LogP contribution in [0.15, 0.2) is 54.7 Å². The number of phenolic OH excluding ortho intramolecular Hbond substituents is 1. The molecule has 2 amide bonds. The minimum atomic E-state index is -0.422. The van der Waals surface area contributed by atoms with Crippen LogP contribution in [0.25, 0.3) is 0 Å². The lowest BCUT2D eigenvalue weighted by molar-refractivity contribution is 0.0894. The minimum Gasteiger partial charge on any atom is -0.507 e. The van der Waals surface area contributed by atoms with Crippen molar-refractivity contribution in [2.45, 2.75) is 12.1 Å². The van der Waals surface area contributed by atoms with Gasteiger partial charge in [-0.15, -0.1) is 0 Å². The van der Waals surface area contributed by atoms with Crippen LogP contribution >= 0.6 is 11.6 Å². The number of rotatable bonds is 6. The van der Waals surface area contributed by atoms with Gasteiger partial charge in [0.2, 0.25) is 5.95 Å². The molecular weight excluding hydrogens is 460 g/mol. The Morgan fingerprint density at radius 1 is 0.971 bits per heavy atom. The Balaban J connectivity index is 1.40. The smallest absolute Gasteiger partial charge is 0.270 e. The molecule has 1 aromatic heterocycles. The van der Waals surface area contributed by atoms with Gasteiger partial charge < -0.3 is 26.8 Å². The van der Waals surface area contributed by atoms with Crippen molar-refractivity contribution < 1.29 is 19.5 Å². The SMILES string of the molecule is Nc1nccc(C(=O)N[C@@H]2CNC[C@H]2NC(=O)c2ccc(C(=O)c3cc(Cl)ccc3O)cc2)n1. The van der Waals surface area contributed by atoms with Gasteiger partial charge >= 0.3 is 0 Å². The Labute approximate surface area is 199 Å². The molecule has 174 valence electrons. The van der Waals surface area contributed by atoms with Crippen LogP contribution in [0, 0.1) is 0 Å². The lowest BCUT2D eigenvalue weighted by Crippen LogP contribution is -2.51. The van der Waals surface area contributed by atoms with Crippen LogP contribution in [0.5, 0.6) is 5.75 Å². The molecule has 11 heteroatoms. The molecule has 0 aliphatic carbocycles. The normalized spacial score (nSPS) is 17.2. The molecule has 0 spiro atoms. The number of anilines is 1. The van der Waals surface area contributed by atoms with Crippen molar-refractivity contribution in [1.82, 2.24) is 25.9 Å². The predicted octanol–water partition coefficient (Wildman–Crippen LogP) is 1.15. The highest BCUT2D eigenvalue weighted by atomic mass is 35.5. The maximum absolute atomic E-state index is 12.8. The largest absolute Gasteiger partial charge is 0.507 e. The first-order valence-electron chi connectivity index (χ1n) is 10.4. The van der Waals surface area contributed by atoms with Gasteiger partial charge in [-0.25, -0.2) is 9.97 Å². The van der Waals surface area contributed by atoms with Crippen molar-refractivity contribution in [2.24, 2.45) is 0 Å². The Morgan fingerprint density at radius 2 is 1.62 bits per heavy atom. The first-order chi connectivity index (χ1) is 16.3. The summed E-state index contributed by atoms with van der Waals surface area (Å²) in [6.45, 7) is 0.932. The third kappa shape index (κ3) is 5.13. The lowest BCUT2D eigenvalue weighted by Gasteiger charge is -2.21. The van der Waals surface area contributed by atoms with Gasteiger partial charge in [-0.05, 0) is 36.4 Å². The number of nitrogen functional groups attached to an aromatic ring is 1. The summed E-state index contributed by atoms with van der Waals surface area (Å²) in [6.07, 6.45) is 1.39. The van der Waals surface area contributed by atoms with E-state index in [-0.39, 0.29) is 40.9 Å². The van der Waals surface area contributed by atoms with Crippen LogP contribution in [0.1, 0.15) is 36.8 Å². The van der Waals surface area contributed by atoms with Crippen LogP contribution in [0.4, 0.5) is 5.95 Å². The fourth-order valence-electron chi connectivity index (χ4n) is 3.59. The number of amides is 2. The molecule has 2 heterocycles. The van der Waals surface area contributed by atoms with Crippen molar-refractivity contribution in [2.75, 3.05) is 18.8 Å². The van der Waals surface area contributed by atoms with Crippen molar-refractivity contribution in [3.05, 3.63) is 82.1 Å².